The summed E-state index contributed by atoms with van der Waals surface area (Å²) in [6.07, 6.45) is 4.97. The summed E-state index contributed by atoms with van der Waals surface area (Å²) >= 11 is 0. The number of anilines is 1. The molecule has 0 aromatic heterocycles. The highest BCUT2D eigenvalue weighted by atomic mass is 32.2. The van der Waals surface area contributed by atoms with Gasteiger partial charge in [-0.15, -0.1) is 0 Å². The van der Waals surface area contributed by atoms with E-state index in [1.165, 1.54) is 0 Å². The Kier molecular flexibility index (Phi) is 9.42. The number of carbonyl (C=O) groups excluding carboxylic acids is 1. The van der Waals surface area contributed by atoms with Crippen LogP contribution in [0.4, 0.5) is 5.69 Å². The van der Waals surface area contributed by atoms with Crippen LogP contribution in [0.1, 0.15) is 64.5 Å². The largest absolute Gasteiger partial charge is 0.388 e. The molecule has 1 aromatic carbocycles. The van der Waals surface area contributed by atoms with Gasteiger partial charge in [-0.3, -0.25) is 9.21 Å². The average molecular weight is 400 g/mol. The minimum atomic E-state index is -3.32. The molecule has 0 aliphatic rings. The van der Waals surface area contributed by atoms with Crippen LogP contribution in [0.2, 0.25) is 0 Å². The minimum absolute atomic E-state index is 0.164. The number of hydrogen-bond donors (Lipinski definition) is 2. The van der Waals surface area contributed by atoms with Gasteiger partial charge < -0.3 is 5.11 Å². The predicted molar refractivity (Wildman–Crippen MR) is 110 cm³/mol. The third-order valence-corrected chi connectivity index (χ3v) is 5.58. The predicted octanol–water partition coefficient (Wildman–Crippen LogP) is 3.45. The number of sulfonamides is 1. The highest BCUT2D eigenvalue weighted by molar-refractivity contribution is 7.92. The molecule has 1 atom stereocenters. The topological polar surface area (TPSA) is 83.5 Å². The van der Waals surface area contributed by atoms with Gasteiger partial charge in [-0.2, -0.15) is 0 Å². The van der Waals surface area contributed by atoms with Crippen LogP contribution in [0.3, 0.4) is 0 Å². The summed E-state index contributed by atoms with van der Waals surface area (Å²) < 4.78 is 25.4. The van der Waals surface area contributed by atoms with Gasteiger partial charge in [0.2, 0.25) is 10.0 Å². The number of quaternary nitrogens is 1. The second-order valence-corrected chi connectivity index (χ2v) is 9.09. The summed E-state index contributed by atoms with van der Waals surface area (Å²) in [5, 5.41) is 10.6. The van der Waals surface area contributed by atoms with Crippen molar-refractivity contribution in [1.82, 2.24) is 0 Å². The normalized spacial score (nSPS) is 13.4. The zero-order valence-corrected chi connectivity index (χ0v) is 17.9. The number of rotatable bonds is 12. The summed E-state index contributed by atoms with van der Waals surface area (Å²) in [5.41, 5.74) is 1.19. The molecule has 154 valence electrons. The van der Waals surface area contributed by atoms with Gasteiger partial charge in [-0.1, -0.05) is 38.8 Å². The van der Waals surface area contributed by atoms with Gasteiger partial charge in [0.1, 0.15) is 0 Å². The molecule has 6 nitrogen and oxygen atoms in total. The van der Waals surface area contributed by atoms with Gasteiger partial charge in [0.25, 0.3) is 0 Å². The molecule has 1 rings (SSSR count). The summed E-state index contributed by atoms with van der Waals surface area (Å²) in [4.78, 5) is 12.4. The van der Waals surface area contributed by atoms with Crippen molar-refractivity contribution in [2.24, 2.45) is 0 Å². The molecule has 0 bridgehead atoms. The summed E-state index contributed by atoms with van der Waals surface area (Å²) in [7, 11) is -3.32. The third-order valence-electron chi connectivity index (χ3n) is 4.98. The molecule has 0 radical (unpaired) electrons. The van der Waals surface area contributed by atoms with Crippen LogP contribution in [0.25, 0.3) is 0 Å². The molecule has 0 saturated carbocycles. The van der Waals surface area contributed by atoms with Crippen molar-refractivity contribution in [2.75, 3.05) is 30.6 Å². The Morgan fingerprint density at radius 3 is 2.00 bits per heavy atom. The molecule has 2 N–H and O–H groups in total. The van der Waals surface area contributed by atoms with Crippen molar-refractivity contribution in [1.29, 1.82) is 0 Å². The highest BCUT2D eigenvalue weighted by Crippen LogP contribution is 2.23. The minimum Gasteiger partial charge on any atom is -0.388 e. The first-order valence-corrected chi connectivity index (χ1v) is 11.7. The average Bonchev–Trinajstić information content (AvgIpc) is 2.60. The highest BCUT2D eigenvalue weighted by Gasteiger charge is 2.32. The molecule has 0 spiro atoms. The fraction of sp³-hybridized carbons (Fsp3) is 0.650. The van der Waals surface area contributed by atoms with E-state index in [4.69, 9.17) is 0 Å². The molecular formula is C20H35N2O4S+. The molecule has 0 aliphatic heterocycles. The molecule has 27 heavy (non-hydrogen) atoms. The number of carbonyl (C=O) groups is 1. The van der Waals surface area contributed by atoms with Crippen molar-refractivity contribution >= 4 is 21.6 Å². The molecular weight excluding hydrogens is 364 g/mol. The number of amides is 1. The first-order chi connectivity index (χ1) is 12.6. The Labute approximate surface area is 164 Å². The van der Waals surface area contributed by atoms with E-state index in [2.05, 4.69) is 18.6 Å². The molecule has 0 fully saturated rings. The first-order valence-electron chi connectivity index (χ1n) is 9.76. The van der Waals surface area contributed by atoms with Crippen LogP contribution in [-0.4, -0.2) is 49.8 Å². The van der Waals surface area contributed by atoms with Crippen LogP contribution in [0.15, 0.2) is 24.3 Å². The zero-order chi connectivity index (χ0) is 20.5. The second-order valence-electron chi connectivity index (χ2n) is 7.34. The Balaban J connectivity index is 2.82. The van der Waals surface area contributed by atoms with Gasteiger partial charge in [0.05, 0.1) is 38.9 Å². The number of aliphatic hydroxyl groups excluding tert-OH is 1. The molecule has 1 unspecified atom stereocenters. The number of hydrogen-bond acceptors (Lipinski definition) is 4. The fourth-order valence-corrected chi connectivity index (χ4v) is 3.82. The van der Waals surface area contributed by atoms with Gasteiger partial charge in [0.15, 0.2) is 0 Å². The maximum atomic E-state index is 12.4. The number of benzene rings is 1. The van der Waals surface area contributed by atoms with Crippen molar-refractivity contribution < 1.29 is 22.8 Å². The molecule has 1 amide bonds. The lowest BCUT2D eigenvalue weighted by atomic mass is 10.0. The molecule has 0 aliphatic carbocycles. The van der Waals surface area contributed by atoms with Crippen LogP contribution in [0, 0.1) is 0 Å². The lowest BCUT2D eigenvalue weighted by molar-refractivity contribution is -0.855. The van der Waals surface area contributed by atoms with E-state index in [0.29, 0.717) is 23.1 Å². The fourth-order valence-electron chi connectivity index (χ4n) is 3.25. The summed E-state index contributed by atoms with van der Waals surface area (Å²) in [6, 6.07) is 6.72. The molecule has 7 heteroatoms. The number of unbranched alkanes of at least 4 members (excludes halogenated alkanes) is 2. The van der Waals surface area contributed by atoms with Crippen molar-refractivity contribution in [3.8, 4) is 0 Å². The smallest absolute Gasteiger partial charge is 0.310 e. The second kappa shape index (κ2) is 10.8. The maximum absolute atomic E-state index is 12.4. The lowest BCUT2D eigenvalue weighted by Crippen LogP contribution is -2.53. The Morgan fingerprint density at radius 1 is 1.07 bits per heavy atom. The van der Waals surface area contributed by atoms with E-state index in [-0.39, 0.29) is 5.91 Å². The number of nitrogens with one attached hydrogen (secondary N) is 1. The van der Waals surface area contributed by atoms with E-state index in [1.807, 2.05) is 0 Å². The first kappa shape index (κ1) is 23.6. The Morgan fingerprint density at radius 2 is 1.59 bits per heavy atom. The summed E-state index contributed by atoms with van der Waals surface area (Å²) in [6.45, 7) is 8.14. The van der Waals surface area contributed by atoms with Crippen molar-refractivity contribution in [3.05, 3.63) is 29.8 Å². The van der Waals surface area contributed by atoms with Crippen molar-refractivity contribution in [3.63, 3.8) is 0 Å². The molecule has 0 saturated heterocycles. The van der Waals surface area contributed by atoms with Gasteiger partial charge >= 0.3 is 5.91 Å². The lowest BCUT2D eigenvalue weighted by Gasteiger charge is -2.36. The van der Waals surface area contributed by atoms with Crippen LogP contribution in [-0.2, 0) is 14.8 Å². The molecule has 1 aromatic rings. The van der Waals surface area contributed by atoms with E-state index < -0.39 is 16.1 Å². The van der Waals surface area contributed by atoms with Gasteiger partial charge in [-0.25, -0.2) is 13.2 Å². The number of aliphatic hydroxyl groups is 1. The monoisotopic (exact) mass is 399 g/mol. The number of nitrogens with zero attached hydrogens (tertiary/aromatic N) is 1. The Hall–Kier alpha value is -1.44. The van der Waals surface area contributed by atoms with Gasteiger partial charge in [0, 0.05) is 12.1 Å². The third kappa shape index (κ3) is 7.99. The van der Waals surface area contributed by atoms with E-state index in [0.717, 1.165) is 50.6 Å². The summed E-state index contributed by atoms with van der Waals surface area (Å²) in [5.74, 6) is 0.164. The Bertz CT molecular complexity index is 678. The molecule has 0 heterocycles. The standard InChI is InChI=1S/C20H35N2O4S/c1-5-7-14-22(17(3)23,15-8-6-2)16-13-20(24)18-9-11-19(12-10-18)21-27(4,25)26/h9-12,20-21,24H,5-8,13-16H2,1-4H3/q+1. The van der Waals surface area contributed by atoms with Crippen molar-refractivity contribution in [2.45, 2.75) is 59.0 Å². The van der Waals surface area contributed by atoms with Gasteiger partial charge in [-0.05, 0) is 30.5 Å². The van der Waals surface area contributed by atoms with Crippen LogP contribution >= 0.6 is 0 Å². The van der Waals surface area contributed by atoms with Crippen LogP contribution < -0.4 is 4.72 Å². The maximum Gasteiger partial charge on any atom is 0.310 e. The zero-order valence-electron chi connectivity index (χ0n) is 17.1. The van der Waals surface area contributed by atoms with Crippen LogP contribution in [0.5, 0.6) is 0 Å². The van der Waals surface area contributed by atoms with E-state index >= 15 is 0 Å². The van der Waals surface area contributed by atoms with E-state index in [1.54, 1.807) is 31.2 Å². The quantitative estimate of drug-likeness (QED) is 0.527. The van der Waals surface area contributed by atoms with E-state index in [9.17, 15) is 18.3 Å². The SMILES string of the molecule is CCCC[N+](CCCC)(CCC(O)c1ccc(NS(C)(=O)=O)cc1)C(C)=O.